The summed E-state index contributed by atoms with van der Waals surface area (Å²) in [5, 5.41) is 11.5. The first kappa shape index (κ1) is 22.7. The molecule has 0 radical (unpaired) electrons. The molecule has 0 bridgehead atoms. The quantitative estimate of drug-likeness (QED) is 0.692. The lowest BCUT2D eigenvalue weighted by molar-refractivity contribution is -0.138. The predicted molar refractivity (Wildman–Crippen MR) is 94.8 cm³/mol. The summed E-state index contributed by atoms with van der Waals surface area (Å²) in [6.07, 6.45) is 1.75. The van der Waals surface area contributed by atoms with E-state index in [1.807, 2.05) is 6.92 Å². The number of carbonyl (C=O) groups excluding carboxylic acids is 1. The molecule has 10 heteroatoms. The third-order valence-corrected chi connectivity index (χ3v) is 4.35. The average Bonchev–Trinajstić information content (AvgIpc) is 2.39. The largest absolute Gasteiger partial charge is 0.480 e. The van der Waals surface area contributed by atoms with Crippen molar-refractivity contribution in [2.45, 2.75) is 18.2 Å². The molecule has 1 amide bonds. The number of rotatable bonds is 8. The van der Waals surface area contributed by atoms with Crippen LogP contribution in [0.3, 0.4) is 0 Å². The van der Waals surface area contributed by atoms with Gasteiger partial charge < -0.3 is 10.4 Å². The first-order valence-corrected chi connectivity index (χ1v) is 9.14. The molecule has 0 heterocycles. The number of carbonyl (C=O) groups is 2. The number of anilines is 1. The number of hydrogen-bond donors (Lipinski definition) is 2. The van der Waals surface area contributed by atoms with E-state index in [0.29, 0.717) is 13.0 Å². The van der Waals surface area contributed by atoms with Gasteiger partial charge in [-0.05, 0) is 31.2 Å². The third-order valence-electron chi connectivity index (χ3n) is 2.91. The van der Waals surface area contributed by atoms with Crippen molar-refractivity contribution < 1.29 is 23.1 Å². The van der Waals surface area contributed by atoms with Gasteiger partial charge in [0.15, 0.2) is 9.84 Å². The Morgan fingerprint density at radius 2 is 1.92 bits per heavy atom. The van der Waals surface area contributed by atoms with Crippen LogP contribution >= 0.6 is 24.0 Å². The number of carboxylic acid groups (broad SMARTS) is 1. The molecular weight excluding hydrogens is 379 g/mol. The van der Waals surface area contributed by atoms with Crippen LogP contribution in [0.2, 0.25) is 5.02 Å². The number of benzene rings is 1. The molecule has 1 aromatic carbocycles. The van der Waals surface area contributed by atoms with E-state index in [1.165, 1.54) is 23.1 Å². The predicted octanol–water partition coefficient (Wildman–Crippen LogP) is 1.90. The standard InChI is InChI=1S/C14H19ClN2O5S.ClH/c1-3-6-17(9-14(19)20)8-13(18)16-12-7-10(23(2,21)22)4-5-11(12)15;/h4-5,7H,3,6,8-9H2,1-2H3,(H,16,18)(H,19,20);1H. The number of nitrogens with zero attached hydrogens (tertiary/aromatic N) is 1. The van der Waals surface area contributed by atoms with Crippen LogP contribution in [0.4, 0.5) is 5.69 Å². The van der Waals surface area contributed by atoms with Gasteiger partial charge in [-0.15, -0.1) is 12.4 Å². The fourth-order valence-electron chi connectivity index (χ4n) is 1.95. The molecule has 0 saturated carbocycles. The smallest absolute Gasteiger partial charge is 0.317 e. The Balaban J connectivity index is 0.00000529. The van der Waals surface area contributed by atoms with Crippen molar-refractivity contribution in [2.24, 2.45) is 0 Å². The second-order valence-corrected chi connectivity index (χ2v) is 7.49. The third kappa shape index (κ3) is 7.48. The topological polar surface area (TPSA) is 104 Å². The van der Waals surface area contributed by atoms with E-state index >= 15 is 0 Å². The summed E-state index contributed by atoms with van der Waals surface area (Å²) >= 11 is 5.96. The highest BCUT2D eigenvalue weighted by Crippen LogP contribution is 2.25. The van der Waals surface area contributed by atoms with Gasteiger partial charge in [0.2, 0.25) is 5.91 Å². The lowest BCUT2D eigenvalue weighted by atomic mass is 10.3. The number of halogens is 2. The zero-order valence-electron chi connectivity index (χ0n) is 13.3. The van der Waals surface area contributed by atoms with Crippen LogP contribution in [-0.4, -0.2) is 56.2 Å². The normalized spacial score (nSPS) is 11.0. The van der Waals surface area contributed by atoms with Crippen molar-refractivity contribution in [1.82, 2.24) is 4.90 Å². The van der Waals surface area contributed by atoms with Gasteiger partial charge in [-0.25, -0.2) is 8.42 Å². The molecule has 0 aliphatic carbocycles. The monoisotopic (exact) mass is 398 g/mol. The number of nitrogens with one attached hydrogen (secondary N) is 1. The summed E-state index contributed by atoms with van der Waals surface area (Å²) in [7, 11) is -3.42. The maximum Gasteiger partial charge on any atom is 0.317 e. The summed E-state index contributed by atoms with van der Waals surface area (Å²) in [6.45, 7) is 1.95. The van der Waals surface area contributed by atoms with E-state index in [2.05, 4.69) is 5.32 Å². The van der Waals surface area contributed by atoms with E-state index in [1.54, 1.807) is 0 Å². The summed E-state index contributed by atoms with van der Waals surface area (Å²) in [4.78, 5) is 24.3. The van der Waals surface area contributed by atoms with E-state index in [4.69, 9.17) is 16.7 Å². The Morgan fingerprint density at radius 3 is 2.42 bits per heavy atom. The zero-order valence-corrected chi connectivity index (χ0v) is 15.7. The van der Waals surface area contributed by atoms with Gasteiger partial charge in [-0.1, -0.05) is 18.5 Å². The van der Waals surface area contributed by atoms with Crippen LogP contribution in [-0.2, 0) is 19.4 Å². The molecule has 0 saturated heterocycles. The molecule has 136 valence electrons. The SMILES string of the molecule is CCCN(CC(=O)O)CC(=O)Nc1cc(S(C)(=O)=O)ccc1Cl.Cl. The lowest BCUT2D eigenvalue weighted by Gasteiger charge is -2.19. The molecule has 0 aromatic heterocycles. The minimum Gasteiger partial charge on any atom is -0.480 e. The van der Waals surface area contributed by atoms with Crippen LogP contribution in [0, 0.1) is 0 Å². The molecule has 24 heavy (non-hydrogen) atoms. The molecular formula is C14H20Cl2N2O5S. The number of amides is 1. The minimum atomic E-state index is -3.42. The molecule has 0 fully saturated rings. The first-order valence-electron chi connectivity index (χ1n) is 6.87. The Morgan fingerprint density at radius 1 is 1.29 bits per heavy atom. The maximum absolute atomic E-state index is 12.0. The van der Waals surface area contributed by atoms with Gasteiger partial charge in [0, 0.05) is 6.26 Å². The van der Waals surface area contributed by atoms with E-state index in [9.17, 15) is 18.0 Å². The van der Waals surface area contributed by atoms with Crippen molar-refractivity contribution >= 4 is 51.4 Å². The average molecular weight is 399 g/mol. The molecule has 0 spiro atoms. The molecule has 2 N–H and O–H groups in total. The van der Waals surface area contributed by atoms with E-state index in [-0.39, 0.29) is 41.1 Å². The van der Waals surface area contributed by atoms with Crippen molar-refractivity contribution in [3.63, 3.8) is 0 Å². The fraction of sp³-hybridized carbons (Fsp3) is 0.429. The Hall–Kier alpha value is -1.35. The number of sulfone groups is 1. The van der Waals surface area contributed by atoms with Crippen molar-refractivity contribution in [3.05, 3.63) is 23.2 Å². The van der Waals surface area contributed by atoms with Gasteiger partial charge in [0.25, 0.3) is 0 Å². The fourth-order valence-corrected chi connectivity index (χ4v) is 2.76. The zero-order chi connectivity index (χ0) is 17.6. The van der Waals surface area contributed by atoms with Crippen molar-refractivity contribution in [2.75, 3.05) is 31.2 Å². The van der Waals surface area contributed by atoms with Crippen LogP contribution < -0.4 is 5.32 Å². The number of hydrogen-bond acceptors (Lipinski definition) is 5. The molecule has 0 aliphatic rings. The minimum absolute atomic E-state index is 0. The molecule has 7 nitrogen and oxygen atoms in total. The summed E-state index contributed by atoms with van der Waals surface area (Å²) in [6, 6.07) is 4.01. The van der Waals surface area contributed by atoms with Crippen LogP contribution in [0.15, 0.2) is 23.1 Å². The second kappa shape index (κ2) is 9.83. The van der Waals surface area contributed by atoms with E-state index < -0.39 is 21.7 Å². The second-order valence-electron chi connectivity index (χ2n) is 5.07. The van der Waals surface area contributed by atoms with E-state index in [0.717, 1.165) is 6.26 Å². The molecule has 1 rings (SSSR count). The Bertz CT molecular complexity index is 694. The number of carboxylic acids is 1. The Labute approximate surface area is 152 Å². The van der Waals surface area contributed by atoms with Crippen LogP contribution in [0.25, 0.3) is 0 Å². The summed E-state index contributed by atoms with van der Waals surface area (Å²) < 4.78 is 23.1. The van der Waals surface area contributed by atoms with Crippen LogP contribution in [0.1, 0.15) is 13.3 Å². The van der Waals surface area contributed by atoms with Gasteiger partial charge in [0.05, 0.1) is 28.7 Å². The number of aliphatic carboxylic acids is 1. The maximum atomic E-state index is 12.0. The highest BCUT2D eigenvalue weighted by atomic mass is 35.5. The first-order chi connectivity index (χ1) is 10.6. The molecule has 1 aromatic rings. The highest BCUT2D eigenvalue weighted by molar-refractivity contribution is 7.90. The Kier molecular flexibility index (Phi) is 9.27. The van der Waals surface area contributed by atoms with Crippen LogP contribution in [0.5, 0.6) is 0 Å². The summed E-state index contributed by atoms with van der Waals surface area (Å²) in [5.74, 6) is -1.49. The van der Waals surface area contributed by atoms with Gasteiger partial charge in [-0.2, -0.15) is 0 Å². The lowest BCUT2D eigenvalue weighted by Crippen LogP contribution is -2.37. The van der Waals surface area contributed by atoms with Gasteiger partial charge in [-0.3, -0.25) is 14.5 Å². The van der Waals surface area contributed by atoms with Crippen molar-refractivity contribution in [1.29, 1.82) is 0 Å². The van der Waals surface area contributed by atoms with Crippen molar-refractivity contribution in [3.8, 4) is 0 Å². The van der Waals surface area contributed by atoms with Gasteiger partial charge in [0.1, 0.15) is 0 Å². The molecule has 0 atom stereocenters. The molecule has 0 aliphatic heterocycles. The van der Waals surface area contributed by atoms with Gasteiger partial charge >= 0.3 is 5.97 Å². The summed E-state index contributed by atoms with van der Waals surface area (Å²) in [5.41, 5.74) is 0.173. The molecule has 0 unspecified atom stereocenters. The highest BCUT2D eigenvalue weighted by Gasteiger charge is 2.16.